The zero-order chi connectivity index (χ0) is 19.9. The molecule has 0 N–H and O–H groups in total. The molecule has 2 saturated heterocycles. The third-order valence-corrected chi connectivity index (χ3v) is 11.7. The molecule has 0 bridgehead atoms. The Morgan fingerprint density at radius 3 is 1.36 bits per heavy atom. The molecule has 2 aliphatic heterocycles. The summed E-state index contributed by atoms with van der Waals surface area (Å²) in [4.78, 5) is 23.9. The van der Waals surface area contributed by atoms with E-state index in [0.29, 0.717) is 0 Å². The highest BCUT2D eigenvalue weighted by molar-refractivity contribution is 8.86. The molecular formula is C18H32N2O2S6. The molecule has 2 rings (SSSR count). The minimum atomic E-state index is 0.229. The van der Waals surface area contributed by atoms with Gasteiger partial charge in [0.25, 0.3) is 8.89 Å². The fourth-order valence-electron chi connectivity index (χ4n) is 3.01. The van der Waals surface area contributed by atoms with Gasteiger partial charge in [-0.25, -0.2) is 8.61 Å². The molecule has 2 fully saturated rings. The Hall–Kier alpha value is 1.36. The highest BCUT2D eigenvalue weighted by Gasteiger charge is 2.16. The maximum absolute atomic E-state index is 11.9. The van der Waals surface area contributed by atoms with E-state index in [1.807, 2.05) is 0 Å². The van der Waals surface area contributed by atoms with E-state index in [2.05, 4.69) is 8.61 Å². The number of carbonyl (C=O) groups excluding carboxylic acids is 2. The Kier molecular flexibility index (Phi) is 15.5. The Morgan fingerprint density at radius 1 is 0.571 bits per heavy atom. The van der Waals surface area contributed by atoms with Gasteiger partial charge in [0.05, 0.1) is 0 Å². The average molecular weight is 501 g/mol. The van der Waals surface area contributed by atoms with E-state index < -0.39 is 0 Å². The molecule has 0 spiro atoms. The first-order valence-corrected chi connectivity index (χ1v) is 16.5. The van der Waals surface area contributed by atoms with Crippen LogP contribution >= 0.6 is 67.1 Å². The second-order valence-electron chi connectivity index (χ2n) is 6.89. The molecule has 0 atom stereocenters. The third-order valence-electron chi connectivity index (χ3n) is 4.50. The predicted molar refractivity (Wildman–Crippen MR) is 135 cm³/mol. The van der Waals surface area contributed by atoms with Crippen molar-refractivity contribution in [3.8, 4) is 0 Å². The van der Waals surface area contributed by atoms with E-state index in [4.69, 9.17) is 0 Å². The molecule has 162 valence electrons. The maximum atomic E-state index is 11.9. The Balaban J connectivity index is 1.32. The molecular weight excluding hydrogens is 469 g/mol. The molecule has 0 aromatic rings. The van der Waals surface area contributed by atoms with Crippen LogP contribution in [-0.4, -0.2) is 55.2 Å². The first kappa shape index (κ1) is 25.6. The van der Waals surface area contributed by atoms with Crippen LogP contribution in [0.25, 0.3) is 0 Å². The van der Waals surface area contributed by atoms with Gasteiger partial charge in [-0.15, -0.1) is 0 Å². The van der Waals surface area contributed by atoms with E-state index in [9.17, 15) is 9.59 Å². The maximum Gasteiger partial charge on any atom is 0.271 e. The summed E-state index contributed by atoms with van der Waals surface area (Å²) < 4.78 is 4.88. The molecule has 0 amide bonds. The molecule has 0 aromatic carbocycles. The molecule has 0 aromatic heterocycles. The van der Waals surface area contributed by atoms with Crippen molar-refractivity contribution in [1.82, 2.24) is 8.61 Å². The second kappa shape index (κ2) is 17.0. The summed E-state index contributed by atoms with van der Waals surface area (Å²) in [6.07, 6.45) is 12.3. The number of carbonyl (C=O) groups is 2. The van der Waals surface area contributed by atoms with Gasteiger partial charge in [-0.3, -0.25) is 9.59 Å². The molecule has 2 heterocycles. The van der Waals surface area contributed by atoms with Crippen LogP contribution < -0.4 is 0 Å². The van der Waals surface area contributed by atoms with Crippen molar-refractivity contribution in [2.75, 3.05) is 37.7 Å². The Morgan fingerprint density at radius 2 is 0.964 bits per heavy atom. The number of piperidine rings is 2. The van der Waals surface area contributed by atoms with Crippen molar-refractivity contribution in [3.63, 3.8) is 0 Å². The number of rotatable bonds is 11. The minimum Gasteiger partial charge on any atom is -0.272 e. The molecule has 0 unspecified atom stereocenters. The minimum absolute atomic E-state index is 0.229. The first-order valence-electron chi connectivity index (χ1n) is 10.3. The van der Waals surface area contributed by atoms with Crippen LogP contribution in [0.4, 0.5) is 9.59 Å². The largest absolute Gasteiger partial charge is 0.272 e. The zero-order valence-electron chi connectivity index (χ0n) is 16.5. The molecule has 2 aliphatic rings. The van der Waals surface area contributed by atoms with Crippen LogP contribution in [0.5, 0.6) is 0 Å². The Bertz CT molecular complexity index is 406. The van der Waals surface area contributed by atoms with Crippen molar-refractivity contribution in [2.45, 2.75) is 64.2 Å². The van der Waals surface area contributed by atoms with E-state index >= 15 is 0 Å². The van der Waals surface area contributed by atoms with Crippen molar-refractivity contribution in [2.24, 2.45) is 0 Å². The van der Waals surface area contributed by atoms with Crippen LogP contribution in [0.1, 0.15) is 64.2 Å². The fraction of sp³-hybridized carbons (Fsp3) is 0.889. The standard InChI is InChI=1S/C18H32N2O2S6/c21-17(25-19-11-5-3-6-12-19)27-23-15-9-1-2-10-16-24-28-18(22)26-20-13-7-4-8-14-20/h1-16H2. The lowest BCUT2D eigenvalue weighted by Gasteiger charge is -2.23. The lowest BCUT2D eigenvalue weighted by molar-refractivity contribution is 0.274. The summed E-state index contributed by atoms with van der Waals surface area (Å²) >= 11 is 2.82. The third kappa shape index (κ3) is 12.9. The zero-order valence-corrected chi connectivity index (χ0v) is 21.4. The smallest absolute Gasteiger partial charge is 0.271 e. The summed E-state index contributed by atoms with van der Waals surface area (Å²) in [6, 6.07) is 0. The quantitative estimate of drug-likeness (QED) is 0.159. The van der Waals surface area contributed by atoms with Gasteiger partial charge in [0.1, 0.15) is 0 Å². The van der Waals surface area contributed by atoms with E-state index in [0.717, 1.165) is 37.7 Å². The molecule has 0 saturated carbocycles. The van der Waals surface area contributed by atoms with E-state index in [1.54, 1.807) is 21.6 Å². The van der Waals surface area contributed by atoms with Crippen molar-refractivity contribution in [1.29, 1.82) is 0 Å². The van der Waals surface area contributed by atoms with Crippen LogP contribution in [0.2, 0.25) is 0 Å². The summed E-state index contributed by atoms with van der Waals surface area (Å²) in [7, 11) is 6.21. The van der Waals surface area contributed by atoms with Gasteiger partial charge in [0.15, 0.2) is 0 Å². The van der Waals surface area contributed by atoms with Gasteiger partial charge in [0, 0.05) is 61.6 Å². The average Bonchev–Trinajstić information content (AvgIpc) is 2.71. The number of unbranched alkanes of at least 4 members (excludes halogenated alkanes) is 3. The molecule has 28 heavy (non-hydrogen) atoms. The van der Waals surface area contributed by atoms with Crippen molar-refractivity contribution >= 4 is 76.0 Å². The van der Waals surface area contributed by atoms with E-state index in [-0.39, 0.29) is 8.89 Å². The number of hydrogen-bond donors (Lipinski definition) is 0. The molecule has 4 nitrogen and oxygen atoms in total. The molecule has 0 aliphatic carbocycles. The van der Waals surface area contributed by atoms with Crippen LogP contribution in [0, 0.1) is 0 Å². The van der Waals surface area contributed by atoms with Crippen molar-refractivity contribution < 1.29 is 9.59 Å². The van der Waals surface area contributed by atoms with Gasteiger partial charge >= 0.3 is 0 Å². The normalized spacial score (nSPS) is 19.0. The lowest BCUT2D eigenvalue weighted by atomic mass is 10.2. The highest BCUT2D eigenvalue weighted by Crippen LogP contribution is 2.34. The summed E-state index contributed by atoms with van der Waals surface area (Å²) in [6.45, 7) is 4.22. The fourth-order valence-corrected chi connectivity index (χ4v) is 9.39. The topological polar surface area (TPSA) is 40.6 Å². The predicted octanol–water partition coefficient (Wildman–Crippen LogP) is 7.82. The summed E-state index contributed by atoms with van der Waals surface area (Å²) in [5.41, 5.74) is 0. The highest BCUT2D eigenvalue weighted by atomic mass is 33.1. The van der Waals surface area contributed by atoms with Crippen LogP contribution in [-0.2, 0) is 0 Å². The molecule has 0 radical (unpaired) electrons. The second-order valence-corrected chi connectivity index (χ2v) is 14.3. The summed E-state index contributed by atoms with van der Waals surface area (Å²) in [5.74, 6) is 2.09. The van der Waals surface area contributed by atoms with Gasteiger partial charge in [0.2, 0.25) is 0 Å². The van der Waals surface area contributed by atoms with Gasteiger partial charge in [-0.05, 0) is 60.1 Å². The molecule has 10 heteroatoms. The summed E-state index contributed by atoms with van der Waals surface area (Å²) in [5, 5.41) is 0. The monoisotopic (exact) mass is 500 g/mol. The van der Waals surface area contributed by atoms with E-state index in [1.165, 1.54) is 110 Å². The first-order chi connectivity index (χ1) is 13.7. The number of nitrogens with zero attached hydrogens (tertiary/aromatic N) is 2. The van der Waals surface area contributed by atoms with Crippen molar-refractivity contribution in [3.05, 3.63) is 0 Å². The van der Waals surface area contributed by atoms with Crippen LogP contribution in [0.3, 0.4) is 0 Å². The van der Waals surface area contributed by atoms with Crippen LogP contribution in [0.15, 0.2) is 0 Å². The van der Waals surface area contributed by atoms with Gasteiger partial charge in [-0.1, -0.05) is 47.3 Å². The van der Waals surface area contributed by atoms with Gasteiger partial charge in [-0.2, -0.15) is 0 Å². The Labute approximate surface area is 195 Å². The SMILES string of the molecule is O=C(SSCCCCCCSSC(=O)SN1CCCCC1)SN1CCCCC1. The number of hydrogen-bond acceptors (Lipinski definition) is 10. The lowest BCUT2D eigenvalue weighted by Crippen LogP contribution is -2.23. The van der Waals surface area contributed by atoms with Gasteiger partial charge < -0.3 is 0 Å².